The summed E-state index contributed by atoms with van der Waals surface area (Å²) in [6, 6.07) is 0.799. The molecular formula is C16H30ClN3O2. The summed E-state index contributed by atoms with van der Waals surface area (Å²) >= 11 is 0. The van der Waals surface area contributed by atoms with Gasteiger partial charge in [0, 0.05) is 44.2 Å². The van der Waals surface area contributed by atoms with E-state index in [0.717, 1.165) is 25.9 Å². The van der Waals surface area contributed by atoms with E-state index in [9.17, 15) is 9.59 Å². The Morgan fingerprint density at radius 2 is 1.95 bits per heavy atom. The van der Waals surface area contributed by atoms with Crippen LogP contribution in [0.15, 0.2) is 0 Å². The van der Waals surface area contributed by atoms with E-state index in [4.69, 9.17) is 0 Å². The maximum absolute atomic E-state index is 12.8. The Balaban J connectivity index is 0.00000242. The van der Waals surface area contributed by atoms with Crippen molar-refractivity contribution in [2.24, 2.45) is 5.92 Å². The highest BCUT2D eigenvalue weighted by Crippen LogP contribution is 2.26. The third kappa shape index (κ3) is 3.74. The van der Waals surface area contributed by atoms with Gasteiger partial charge in [0.05, 0.1) is 5.92 Å². The van der Waals surface area contributed by atoms with Crippen LogP contribution in [0.4, 0.5) is 0 Å². The van der Waals surface area contributed by atoms with Crippen molar-refractivity contribution in [3.8, 4) is 0 Å². The van der Waals surface area contributed by atoms with Gasteiger partial charge in [0.2, 0.25) is 11.8 Å². The third-order valence-corrected chi connectivity index (χ3v) is 5.21. The number of rotatable bonds is 4. The van der Waals surface area contributed by atoms with Gasteiger partial charge < -0.3 is 15.1 Å². The van der Waals surface area contributed by atoms with Crippen molar-refractivity contribution < 1.29 is 9.59 Å². The molecule has 3 atom stereocenters. The summed E-state index contributed by atoms with van der Waals surface area (Å²) in [6.07, 6.45) is 2.31. The average Bonchev–Trinajstić information content (AvgIpc) is 2.85. The van der Waals surface area contributed by atoms with Gasteiger partial charge in [-0.15, -0.1) is 12.4 Å². The number of amides is 2. The summed E-state index contributed by atoms with van der Waals surface area (Å²) in [5.74, 6) is 0.168. The molecule has 0 saturated carbocycles. The van der Waals surface area contributed by atoms with Crippen LogP contribution in [0.2, 0.25) is 0 Å². The van der Waals surface area contributed by atoms with Gasteiger partial charge >= 0.3 is 0 Å². The molecule has 0 aromatic heterocycles. The van der Waals surface area contributed by atoms with Crippen LogP contribution in [0.5, 0.6) is 0 Å². The van der Waals surface area contributed by atoms with E-state index in [-0.39, 0.29) is 42.2 Å². The van der Waals surface area contributed by atoms with Crippen LogP contribution in [0, 0.1) is 5.92 Å². The van der Waals surface area contributed by atoms with E-state index in [2.05, 4.69) is 33.0 Å². The van der Waals surface area contributed by atoms with E-state index in [1.165, 1.54) is 0 Å². The van der Waals surface area contributed by atoms with Gasteiger partial charge in [-0.3, -0.25) is 9.59 Å². The number of nitrogens with zero attached hydrogens (tertiary/aromatic N) is 2. The molecule has 5 nitrogen and oxygen atoms in total. The lowest BCUT2D eigenvalue weighted by molar-refractivity contribution is -0.139. The van der Waals surface area contributed by atoms with Crippen LogP contribution in [0.1, 0.15) is 47.0 Å². The first kappa shape index (κ1) is 19.2. The molecule has 2 fully saturated rings. The Hall–Kier alpha value is -0.810. The molecule has 2 aliphatic heterocycles. The van der Waals surface area contributed by atoms with Crippen LogP contribution in [0.3, 0.4) is 0 Å². The molecule has 2 saturated heterocycles. The van der Waals surface area contributed by atoms with E-state index in [1.54, 1.807) is 0 Å². The fraction of sp³-hybridized carbons (Fsp3) is 0.875. The second-order valence-electron chi connectivity index (χ2n) is 6.43. The fourth-order valence-corrected chi connectivity index (χ4v) is 3.58. The Kier molecular flexibility index (Phi) is 7.13. The largest absolute Gasteiger partial charge is 0.339 e. The number of halogens is 1. The Morgan fingerprint density at radius 3 is 2.55 bits per heavy atom. The van der Waals surface area contributed by atoms with Gasteiger partial charge in [-0.1, -0.05) is 13.8 Å². The highest BCUT2D eigenvalue weighted by Gasteiger charge is 2.40. The third-order valence-electron chi connectivity index (χ3n) is 5.21. The number of nitrogens with one attached hydrogen (secondary N) is 1. The molecule has 0 radical (unpaired) electrons. The summed E-state index contributed by atoms with van der Waals surface area (Å²) < 4.78 is 0. The number of hydrogen-bond donors (Lipinski definition) is 1. The fourth-order valence-electron chi connectivity index (χ4n) is 3.58. The molecule has 0 spiro atoms. The molecule has 22 heavy (non-hydrogen) atoms. The van der Waals surface area contributed by atoms with Crippen molar-refractivity contribution >= 4 is 24.2 Å². The number of carbonyl (C=O) groups excluding carboxylic acids is 2. The van der Waals surface area contributed by atoms with Crippen molar-refractivity contribution in [3.63, 3.8) is 0 Å². The Morgan fingerprint density at radius 1 is 1.32 bits per heavy atom. The van der Waals surface area contributed by atoms with Gasteiger partial charge in [0.1, 0.15) is 0 Å². The van der Waals surface area contributed by atoms with Crippen LogP contribution in [-0.2, 0) is 9.59 Å². The maximum Gasteiger partial charge on any atom is 0.228 e. The van der Waals surface area contributed by atoms with Gasteiger partial charge in [-0.25, -0.2) is 0 Å². The SMILES string of the molecule is CCC(CC)N1CC(C(=O)N2CCNC(C)C2C)CC1=O.Cl. The second kappa shape index (κ2) is 8.16. The van der Waals surface area contributed by atoms with E-state index in [1.807, 2.05) is 9.80 Å². The second-order valence-corrected chi connectivity index (χ2v) is 6.43. The molecule has 2 amide bonds. The zero-order valence-corrected chi connectivity index (χ0v) is 15.0. The first-order valence-electron chi connectivity index (χ1n) is 8.32. The van der Waals surface area contributed by atoms with Crippen molar-refractivity contribution in [1.82, 2.24) is 15.1 Å². The summed E-state index contributed by atoms with van der Waals surface area (Å²) in [7, 11) is 0. The standard InChI is InChI=1S/C16H29N3O2.ClH/c1-5-14(6-2)19-10-13(9-15(19)20)16(21)18-8-7-17-11(3)12(18)4;/h11-14,17H,5-10H2,1-4H3;1H. The van der Waals surface area contributed by atoms with E-state index in [0.29, 0.717) is 19.0 Å². The molecule has 1 N–H and O–H groups in total. The first-order valence-corrected chi connectivity index (χ1v) is 8.32. The Bertz CT molecular complexity index is 401. The minimum absolute atomic E-state index is 0. The number of piperazine rings is 1. The normalized spacial score (nSPS) is 29.0. The lowest BCUT2D eigenvalue weighted by atomic mass is 10.0. The van der Waals surface area contributed by atoms with Crippen LogP contribution in [0.25, 0.3) is 0 Å². The number of carbonyl (C=O) groups is 2. The summed E-state index contributed by atoms with van der Waals surface area (Å²) in [4.78, 5) is 28.9. The highest BCUT2D eigenvalue weighted by molar-refractivity contribution is 5.89. The van der Waals surface area contributed by atoms with E-state index < -0.39 is 0 Å². The summed E-state index contributed by atoms with van der Waals surface area (Å²) in [5.41, 5.74) is 0. The van der Waals surface area contributed by atoms with Gasteiger partial charge in [-0.2, -0.15) is 0 Å². The van der Waals surface area contributed by atoms with Gasteiger partial charge in [-0.05, 0) is 26.7 Å². The van der Waals surface area contributed by atoms with Gasteiger partial charge in [0.25, 0.3) is 0 Å². The lowest BCUT2D eigenvalue weighted by Crippen LogP contribution is -2.58. The quantitative estimate of drug-likeness (QED) is 0.852. The highest BCUT2D eigenvalue weighted by atomic mass is 35.5. The van der Waals surface area contributed by atoms with Gasteiger partial charge in [0.15, 0.2) is 0 Å². The molecule has 6 heteroatoms. The molecule has 128 valence electrons. The van der Waals surface area contributed by atoms with Crippen LogP contribution in [-0.4, -0.2) is 59.4 Å². The molecule has 0 aliphatic carbocycles. The van der Waals surface area contributed by atoms with Crippen molar-refractivity contribution in [2.75, 3.05) is 19.6 Å². The monoisotopic (exact) mass is 331 g/mol. The smallest absolute Gasteiger partial charge is 0.228 e. The summed E-state index contributed by atoms with van der Waals surface area (Å²) in [6.45, 7) is 10.6. The molecule has 0 aromatic carbocycles. The van der Waals surface area contributed by atoms with E-state index >= 15 is 0 Å². The zero-order chi connectivity index (χ0) is 15.6. The van der Waals surface area contributed by atoms with Crippen molar-refractivity contribution in [3.05, 3.63) is 0 Å². The van der Waals surface area contributed by atoms with Crippen molar-refractivity contribution in [1.29, 1.82) is 0 Å². The molecule has 3 unspecified atom stereocenters. The topological polar surface area (TPSA) is 52.7 Å². The number of likely N-dealkylation sites (tertiary alicyclic amines) is 1. The predicted octanol–water partition coefficient (Wildman–Crippen LogP) is 1.65. The minimum atomic E-state index is -0.147. The van der Waals surface area contributed by atoms with Crippen LogP contribution >= 0.6 is 12.4 Å². The van der Waals surface area contributed by atoms with Crippen molar-refractivity contribution in [2.45, 2.75) is 65.1 Å². The molecule has 2 heterocycles. The molecule has 0 aromatic rings. The zero-order valence-electron chi connectivity index (χ0n) is 14.2. The molecule has 2 rings (SSSR count). The predicted molar refractivity (Wildman–Crippen MR) is 90.1 cm³/mol. The number of hydrogen-bond acceptors (Lipinski definition) is 3. The minimum Gasteiger partial charge on any atom is -0.339 e. The average molecular weight is 332 g/mol. The Labute approximate surface area is 140 Å². The molecular weight excluding hydrogens is 302 g/mol. The molecule has 0 bridgehead atoms. The maximum atomic E-state index is 12.8. The first-order chi connectivity index (χ1) is 9.99. The van der Waals surface area contributed by atoms with Crippen LogP contribution < -0.4 is 5.32 Å². The lowest BCUT2D eigenvalue weighted by Gasteiger charge is -2.39. The summed E-state index contributed by atoms with van der Waals surface area (Å²) in [5, 5.41) is 3.39. The molecule has 2 aliphatic rings.